The van der Waals surface area contributed by atoms with Crippen molar-refractivity contribution in [2.45, 2.75) is 33.4 Å². The number of pyridine rings is 1. The monoisotopic (exact) mass is 335 g/mol. The molecule has 0 atom stereocenters. The largest absolute Gasteiger partial charge is 0.383 e. The van der Waals surface area contributed by atoms with E-state index in [2.05, 4.69) is 58.6 Å². The summed E-state index contributed by atoms with van der Waals surface area (Å²) in [7, 11) is 1.76. The first-order valence-corrected chi connectivity index (χ1v) is 8.95. The zero-order chi connectivity index (χ0) is 17.4. The summed E-state index contributed by atoms with van der Waals surface area (Å²) in [5, 5.41) is 0. The molecule has 130 valence electrons. The lowest BCUT2D eigenvalue weighted by Crippen LogP contribution is -2.30. The van der Waals surface area contributed by atoms with E-state index in [0.717, 1.165) is 31.6 Å². The van der Waals surface area contributed by atoms with Gasteiger partial charge in [-0.2, -0.15) is 0 Å². The third kappa shape index (κ3) is 2.71. The minimum Gasteiger partial charge on any atom is -0.383 e. The molecule has 2 aromatic heterocycles. The highest BCUT2D eigenvalue weighted by Gasteiger charge is 2.22. The van der Waals surface area contributed by atoms with Gasteiger partial charge in [-0.15, -0.1) is 0 Å². The summed E-state index contributed by atoms with van der Waals surface area (Å²) >= 11 is 0. The Labute approximate surface area is 149 Å². The molecule has 4 nitrogen and oxygen atoms in total. The topological polar surface area (TPSA) is 30.3 Å². The molecular weight excluding hydrogens is 310 g/mol. The van der Waals surface area contributed by atoms with E-state index in [1.807, 2.05) is 6.20 Å². The fourth-order valence-electron chi connectivity index (χ4n) is 3.94. The van der Waals surface area contributed by atoms with Gasteiger partial charge in [0.05, 0.1) is 23.3 Å². The van der Waals surface area contributed by atoms with E-state index in [1.54, 1.807) is 7.11 Å². The minimum absolute atomic E-state index is 0.710. The zero-order valence-corrected chi connectivity index (χ0v) is 15.2. The lowest BCUT2D eigenvalue weighted by atomic mass is 9.99. The summed E-state index contributed by atoms with van der Waals surface area (Å²) < 4.78 is 7.71. The van der Waals surface area contributed by atoms with Gasteiger partial charge in [-0.3, -0.25) is 4.98 Å². The molecule has 1 aliphatic rings. The van der Waals surface area contributed by atoms with Crippen LogP contribution in [0.5, 0.6) is 0 Å². The van der Waals surface area contributed by atoms with Gasteiger partial charge in [0.1, 0.15) is 0 Å². The highest BCUT2D eigenvalue weighted by atomic mass is 16.5. The van der Waals surface area contributed by atoms with Gasteiger partial charge < -0.3 is 14.2 Å². The summed E-state index contributed by atoms with van der Waals surface area (Å²) in [5.74, 6) is 0. The first-order chi connectivity index (χ1) is 12.2. The second-order valence-corrected chi connectivity index (χ2v) is 6.82. The first-order valence-electron chi connectivity index (χ1n) is 8.95. The van der Waals surface area contributed by atoms with Crippen LogP contribution < -0.4 is 4.90 Å². The Hall–Kier alpha value is -2.33. The van der Waals surface area contributed by atoms with Crippen molar-refractivity contribution < 1.29 is 4.74 Å². The Morgan fingerprint density at radius 1 is 1.12 bits per heavy atom. The van der Waals surface area contributed by atoms with Crippen LogP contribution in [0.25, 0.3) is 11.0 Å². The minimum atomic E-state index is 0.710. The predicted octanol–water partition coefficient (Wildman–Crippen LogP) is 3.86. The molecule has 0 aliphatic carbocycles. The van der Waals surface area contributed by atoms with Crippen molar-refractivity contribution in [1.29, 1.82) is 0 Å². The van der Waals surface area contributed by atoms with Crippen LogP contribution in [0.4, 0.5) is 5.69 Å². The number of rotatable bonds is 4. The molecule has 3 aromatic rings. The van der Waals surface area contributed by atoms with Crippen LogP contribution in [0, 0.1) is 13.8 Å². The molecule has 0 bridgehead atoms. The van der Waals surface area contributed by atoms with Crippen LogP contribution in [0.15, 0.2) is 36.5 Å². The molecule has 4 heteroatoms. The summed E-state index contributed by atoms with van der Waals surface area (Å²) in [6.45, 7) is 7.93. The van der Waals surface area contributed by atoms with Gasteiger partial charge in [0.25, 0.3) is 0 Å². The molecule has 1 aliphatic heterocycles. The summed E-state index contributed by atoms with van der Waals surface area (Å²) in [4.78, 5) is 7.18. The second kappa shape index (κ2) is 6.52. The molecule has 0 saturated carbocycles. The van der Waals surface area contributed by atoms with E-state index in [-0.39, 0.29) is 0 Å². The SMILES string of the molecule is COCCn1c(C)c(C)c2nccc(N3CCc4ccccc4C3)c21. The standard InChI is InChI=1S/C21H25N3O/c1-15-16(2)24(12-13-25-3)21-19(8-10-22-20(15)21)23-11-9-17-6-4-5-7-18(17)14-23/h4-8,10H,9,11-14H2,1-3H3. The number of aromatic nitrogens is 2. The molecule has 1 aromatic carbocycles. The van der Waals surface area contributed by atoms with Gasteiger partial charge in [-0.05, 0) is 43.0 Å². The Morgan fingerprint density at radius 2 is 1.92 bits per heavy atom. The summed E-state index contributed by atoms with van der Waals surface area (Å²) in [6.07, 6.45) is 3.04. The van der Waals surface area contributed by atoms with E-state index in [4.69, 9.17) is 4.74 Å². The van der Waals surface area contributed by atoms with E-state index in [1.165, 1.54) is 33.6 Å². The van der Waals surface area contributed by atoms with Gasteiger partial charge in [0.2, 0.25) is 0 Å². The third-order valence-electron chi connectivity index (χ3n) is 5.47. The summed E-state index contributed by atoms with van der Waals surface area (Å²) in [5.41, 5.74) is 9.11. The predicted molar refractivity (Wildman–Crippen MR) is 102 cm³/mol. The Kier molecular flexibility index (Phi) is 4.22. The molecule has 0 radical (unpaired) electrons. The average Bonchev–Trinajstić information content (AvgIpc) is 2.90. The normalized spacial score (nSPS) is 14.1. The van der Waals surface area contributed by atoms with Gasteiger partial charge in [-0.25, -0.2) is 0 Å². The van der Waals surface area contributed by atoms with Crippen LogP contribution in [-0.2, 0) is 24.2 Å². The van der Waals surface area contributed by atoms with Crippen molar-refractivity contribution in [2.75, 3.05) is 25.2 Å². The van der Waals surface area contributed by atoms with Crippen molar-refractivity contribution in [2.24, 2.45) is 0 Å². The molecule has 25 heavy (non-hydrogen) atoms. The van der Waals surface area contributed by atoms with Crippen molar-refractivity contribution in [1.82, 2.24) is 9.55 Å². The number of anilines is 1. The van der Waals surface area contributed by atoms with Crippen LogP contribution in [0.1, 0.15) is 22.4 Å². The van der Waals surface area contributed by atoms with Crippen molar-refractivity contribution in [3.8, 4) is 0 Å². The molecular formula is C21H25N3O. The quantitative estimate of drug-likeness (QED) is 0.725. The van der Waals surface area contributed by atoms with Gasteiger partial charge in [-0.1, -0.05) is 24.3 Å². The molecule has 0 fully saturated rings. The van der Waals surface area contributed by atoms with Crippen LogP contribution in [0.2, 0.25) is 0 Å². The van der Waals surface area contributed by atoms with Gasteiger partial charge in [0, 0.05) is 38.6 Å². The number of fused-ring (bicyclic) bond motifs is 2. The van der Waals surface area contributed by atoms with Crippen molar-refractivity contribution >= 4 is 16.7 Å². The van der Waals surface area contributed by atoms with Crippen LogP contribution in [0.3, 0.4) is 0 Å². The average molecular weight is 335 g/mol. The van der Waals surface area contributed by atoms with E-state index in [9.17, 15) is 0 Å². The number of aryl methyl sites for hydroxylation is 1. The van der Waals surface area contributed by atoms with Crippen LogP contribution >= 0.6 is 0 Å². The Balaban J connectivity index is 1.81. The fraction of sp³-hybridized carbons (Fsp3) is 0.381. The maximum absolute atomic E-state index is 5.34. The molecule has 0 saturated heterocycles. The maximum Gasteiger partial charge on any atom is 0.0934 e. The van der Waals surface area contributed by atoms with Crippen molar-refractivity contribution in [3.63, 3.8) is 0 Å². The molecule has 0 spiro atoms. The number of benzene rings is 1. The number of methoxy groups -OCH3 is 1. The number of nitrogens with zero attached hydrogens (tertiary/aromatic N) is 3. The Bertz CT molecular complexity index is 913. The second-order valence-electron chi connectivity index (χ2n) is 6.82. The van der Waals surface area contributed by atoms with E-state index < -0.39 is 0 Å². The smallest absolute Gasteiger partial charge is 0.0934 e. The van der Waals surface area contributed by atoms with Crippen molar-refractivity contribution in [3.05, 3.63) is 58.9 Å². The summed E-state index contributed by atoms with van der Waals surface area (Å²) in [6, 6.07) is 10.9. The first kappa shape index (κ1) is 16.2. The number of hydrogen-bond donors (Lipinski definition) is 0. The van der Waals surface area contributed by atoms with E-state index in [0.29, 0.717) is 6.61 Å². The highest BCUT2D eigenvalue weighted by molar-refractivity contribution is 5.92. The maximum atomic E-state index is 5.34. The van der Waals surface area contributed by atoms with Gasteiger partial charge >= 0.3 is 0 Å². The fourth-order valence-corrected chi connectivity index (χ4v) is 3.94. The molecule has 0 amide bonds. The van der Waals surface area contributed by atoms with Crippen LogP contribution in [-0.4, -0.2) is 29.8 Å². The lowest BCUT2D eigenvalue weighted by molar-refractivity contribution is 0.188. The third-order valence-corrected chi connectivity index (χ3v) is 5.47. The molecule has 0 unspecified atom stereocenters. The zero-order valence-electron chi connectivity index (χ0n) is 15.2. The lowest BCUT2D eigenvalue weighted by Gasteiger charge is -2.31. The van der Waals surface area contributed by atoms with Gasteiger partial charge in [0.15, 0.2) is 0 Å². The Morgan fingerprint density at radius 3 is 2.72 bits per heavy atom. The number of ether oxygens (including phenoxy) is 1. The molecule has 3 heterocycles. The molecule has 4 rings (SSSR count). The number of hydrogen-bond acceptors (Lipinski definition) is 3. The highest BCUT2D eigenvalue weighted by Crippen LogP contribution is 2.34. The van der Waals surface area contributed by atoms with E-state index >= 15 is 0 Å². The molecule has 0 N–H and O–H groups in total.